The molecule has 3 heteroatoms. The molecule has 0 unspecified atom stereocenters. The summed E-state index contributed by atoms with van der Waals surface area (Å²) in [4.78, 5) is 11.3. The number of carbonyl (C=O) groups is 1. The third-order valence-corrected chi connectivity index (χ3v) is 2.39. The van der Waals surface area contributed by atoms with Gasteiger partial charge in [-0.1, -0.05) is 25.1 Å². The lowest BCUT2D eigenvalue weighted by molar-refractivity contribution is 0.0567. The minimum atomic E-state index is -0.437. The number of hydrogen-bond donors (Lipinski definition) is 0. The molecule has 15 heavy (non-hydrogen) atoms. The number of methoxy groups -OCH3 is 1. The second-order valence-corrected chi connectivity index (χ2v) is 3.29. The van der Waals surface area contributed by atoms with Crippen molar-refractivity contribution in [2.75, 3.05) is 7.11 Å². The lowest BCUT2D eigenvalue weighted by Gasteiger charge is -1.96. The number of benzene rings is 1. The van der Waals surface area contributed by atoms with E-state index in [1.165, 1.54) is 7.11 Å². The van der Waals surface area contributed by atoms with Gasteiger partial charge in [0.1, 0.15) is 5.58 Å². The number of fused-ring (bicyclic) bond motifs is 1. The number of ether oxygens (including phenoxy) is 1. The van der Waals surface area contributed by atoms with Crippen LogP contribution in [0.25, 0.3) is 11.0 Å². The summed E-state index contributed by atoms with van der Waals surface area (Å²) in [6.07, 6.45) is 0.880. The number of carbonyl (C=O) groups excluding carboxylic acids is 1. The summed E-state index contributed by atoms with van der Waals surface area (Å²) in [5.74, 6) is -0.179. The quantitative estimate of drug-likeness (QED) is 0.706. The first-order chi connectivity index (χ1) is 7.26. The molecule has 0 amide bonds. The summed E-state index contributed by atoms with van der Waals surface area (Å²) < 4.78 is 10.1. The van der Waals surface area contributed by atoms with Gasteiger partial charge in [0, 0.05) is 5.39 Å². The lowest BCUT2D eigenvalue weighted by Crippen LogP contribution is -1.97. The Morgan fingerprint density at radius 2 is 2.27 bits per heavy atom. The van der Waals surface area contributed by atoms with Crippen LogP contribution in [0.2, 0.25) is 0 Å². The molecule has 0 atom stereocenters. The largest absolute Gasteiger partial charge is 0.463 e. The molecule has 3 nitrogen and oxygen atoms in total. The van der Waals surface area contributed by atoms with E-state index in [1.54, 1.807) is 6.07 Å². The van der Waals surface area contributed by atoms with Crippen LogP contribution < -0.4 is 0 Å². The molecule has 0 bridgehead atoms. The SMILES string of the molecule is CCc1cccc2cc(C(=O)OC)oc12. The monoisotopic (exact) mass is 204 g/mol. The van der Waals surface area contributed by atoms with Gasteiger partial charge < -0.3 is 9.15 Å². The molecule has 0 spiro atoms. The van der Waals surface area contributed by atoms with Gasteiger partial charge in [-0.15, -0.1) is 0 Å². The molecule has 0 aliphatic rings. The van der Waals surface area contributed by atoms with Crippen LogP contribution >= 0.6 is 0 Å². The zero-order chi connectivity index (χ0) is 10.8. The Labute approximate surface area is 87.6 Å². The molecular formula is C12H12O3. The molecule has 78 valence electrons. The van der Waals surface area contributed by atoms with Crippen molar-refractivity contribution >= 4 is 16.9 Å². The van der Waals surface area contributed by atoms with Crippen LogP contribution in [-0.2, 0) is 11.2 Å². The molecule has 0 aliphatic heterocycles. The first-order valence-corrected chi connectivity index (χ1v) is 4.86. The lowest BCUT2D eigenvalue weighted by atomic mass is 10.1. The Kier molecular flexibility index (Phi) is 2.46. The van der Waals surface area contributed by atoms with Crippen LogP contribution in [0.3, 0.4) is 0 Å². The van der Waals surface area contributed by atoms with Crippen LogP contribution in [0.4, 0.5) is 0 Å². The third kappa shape index (κ3) is 1.61. The molecule has 1 heterocycles. The Bertz CT molecular complexity index is 497. The van der Waals surface area contributed by atoms with E-state index in [1.807, 2.05) is 18.2 Å². The van der Waals surface area contributed by atoms with Crippen molar-refractivity contribution < 1.29 is 13.9 Å². The number of esters is 1. The highest BCUT2D eigenvalue weighted by atomic mass is 16.5. The Morgan fingerprint density at radius 1 is 1.47 bits per heavy atom. The first-order valence-electron chi connectivity index (χ1n) is 4.86. The van der Waals surface area contributed by atoms with E-state index in [0.29, 0.717) is 0 Å². The summed E-state index contributed by atoms with van der Waals surface area (Å²) >= 11 is 0. The number of aryl methyl sites for hydroxylation is 1. The highest BCUT2D eigenvalue weighted by Crippen LogP contribution is 2.23. The minimum Gasteiger partial charge on any atom is -0.463 e. The van der Waals surface area contributed by atoms with Gasteiger partial charge in [0.05, 0.1) is 7.11 Å². The molecule has 2 rings (SSSR count). The van der Waals surface area contributed by atoms with Crippen molar-refractivity contribution in [1.29, 1.82) is 0 Å². The molecular weight excluding hydrogens is 192 g/mol. The number of rotatable bonds is 2. The maximum atomic E-state index is 11.3. The Balaban J connectivity index is 2.60. The van der Waals surface area contributed by atoms with Crippen LogP contribution in [0.15, 0.2) is 28.7 Å². The van der Waals surface area contributed by atoms with Crippen LogP contribution in [0.1, 0.15) is 23.0 Å². The normalized spacial score (nSPS) is 10.5. The zero-order valence-corrected chi connectivity index (χ0v) is 8.74. The van der Waals surface area contributed by atoms with Crippen molar-refractivity contribution in [3.05, 3.63) is 35.6 Å². The second-order valence-electron chi connectivity index (χ2n) is 3.29. The summed E-state index contributed by atoms with van der Waals surface area (Å²) in [5, 5.41) is 0.940. The van der Waals surface area contributed by atoms with Gasteiger partial charge in [-0.2, -0.15) is 0 Å². The molecule has 0 fully saturated rings. The first kappa shape index (κ1) is 9.77. The molecule has 0 saturated heterocycles. The predicted octanol–water partition coefficient (Wildman–Crippen LogP) is 2.78. The van der Waals surface area contributed by atoms with Gasteiger partial charge in [0.25, 0.3) is 0 Å². The molecule has 1 aromatic heterocycles. The molecule has 0 N–H and O–H groups in total. The van der Waals surface area contributed by atoms with Gasteiger partial charge in [0.2, 0.25) is 5.76 Å². The van der Waals surface area contributed by atoms with E-state index in [4.69, 9.17) is 4.42 Å². The van der Waals surface area contributed by atoms with Gasteiger partial charge in [-0.3, -0.25) is 0 Å². The standard InChI is InChI=1S/C12H12O3/c1-3-8-5-4-6-9-7-10(12(13)14-2)15-11(8)9/h4-7H,3H2,1-2H3. The van der Waals surface area contributed by atoms with E-state index in [2.05, 4.69) is 11.7 Å². The zero-order valence-electron chi connectivity index (χ0n) is 8.74. The number of furan rings is 1. The van der Waals surface area contributed by atoms with Crippen molar-refractivity contribution in [1.82, 2.24) is 0 Å². The fourth-order valence-electron chi connectivity index (χ4n) is 1.60. The Morgan fingerprint density at radius 3 is 2.93 bits per heavy atom. The van der Waals surface area contributed by atoms with Crippen LogP contribution in [0, 0.1) is 0 Å². The van der Waals surface area contributed by atoms with Gasteiger partial charge >= 0.3 is 5.97 Å². The summed E-state index contributed by atoms with van der Waals surface area (Å²) in [5.41, 5.74) is 1.88. The van der Waals surface area contributed by atoms with E-state index < -0.39 is 5.97 Å². The summed E-state index contributed by atoms with van der Waals surface area (Å²) in [6, 6.07) is 7.58. The third-order valence-electron chi connectivity index (χ3n) is 2.39. The fraction of sp³-hybridized carbons (Fsp3) is 0.250. The van der Waals surface area contributed by atoms with Gasteiger partial charge in [0.15, 0.2) is 0 Å². The van der Waals surface area contributed by atoms with Gasteiger partial charge in [-0.25, -0.2) is 4.79 Å². The summed E-state index contributed by atoms with van der Waals surface area (Å²) in [6.45, 7) is 2.05. The summed E-state index contributed by atoms with van der Waals surface area (Å²) in [7, 11) is 1.34. The minimum absolute atomic E-state index is 0.258. The molecule has 0 aliphatic carbocycles. The predicted molar refractivity (Wildman–Crippen MR) is 56.9 cm³/mol. The fourth-order valence-corrected chi connectivity index (χ4v) is 1.60. The highest BCUT2D eigenvalue weighted by Gasteiger charge is 2.13. The van der Waals surface area contributed by atoms with E-state index in [-0.39, 0.29) is 5.76 Å². The second kappa shape index (κ2) is 3.77. The molecule has 0 saturated carbocycles. The van der Waals surface area contributed by atoms with Crippen LogP contribution in [-0.4, -0.2) is 13.1 Å². The maximum Gasteiger partial charge on any atom is 0.373 e. The van der Waals surface area contributed by atoms with Crippen molar-refractivity contribution in [2.24, 2.45) is 0 Å². The topological polar surface area (TPSA) is 39.4 Å². The van der Waals surface area contributed by atoms with E-state index >= 15 is 0 Å². The highest BCUT2D eigenvalue weighted by molar-refractivity contribution is 5.93. The molecule has 1 aromatic carbocycles. The van der Waals surface area contributed by atoms with Crippen LogP contribution in [0.5, 0.6) is 0 Å². The van der Waals surface area contributed by atoms with E-state index in [0.717, 1.165) is 23.0 Å². The van der Waals surface area contributed by atoms with Gasteiger partial charge in [-0.05, 0) is 18.1 Å². The number of para-hydroxylation sites is 1. The molecule has 2 aromatic rings. The smallest absolute Gasteiger partial charge is 0.373 e. The van der Waals surface area contributed by atoms with Crippen molar-refractivity contribution in [2.45, 2.75) is 13.3 Å². The Hall–Kier alpha value is -1.77. The van der Waals surface area contributed by atoms with Crippen molar-refractivity contribution in [3.8, 4) is 0 Å². The molecule has 0 radical (unpaired) electrons. The maximum absolute atomic E-state index is 11.3. The number of hydrogen-bond acceptors (Lipinski definition) is 3. The average molecular weight is 204 g/mol. The average Bonchev–Trinajstić information content (AvgIpc) is 2.71. The van der Waals surface area contributed by atoms with Crippen molar-refractivity contribution in [3.63, 3.8) is 0 Å². The van der Waals surface area contributed by atoms with E-state index in [9.17, 15) is 4.79 Å².